The average molecular weight is 446 g/mol. The number of carbonyl (C=O) groups is 2. The van der Waals surface area contributed by atoms with Crippen molar-refractivity contribution in [3.05, 3.63) is 60.8 Å². The first-order valence-corrected chi connectivity index (χ1v) is 11.7. The minimum absolute atomic E-state index is 0.126. The van der Waals surface area contributed by atoms with Gasteiger partial charge in [0.25, 0.3) is 0 Å². The van der Waals surface area contributed by atoms with Crippen LogP contribution < -0.4 is 5.11 Å². The van der Waals surface area contributed by atoms with Crippen molar-refractivity contribution in [3.8, 4) is 0 Å². The molecule has 0 amide bonds. The van der Waals surface area contributed by atoms with E-state index in [1.165, 1.54) is 0 Å². The Kier molecular flexibility index (Phi) is 17.1. The van der Waals surface area contributed by atoms with Gasteiger partial charge in [0.05, 0.1) is 33.0 Å². The van der Waals surface area contributed by atoms with Gasteiger partial charge in [-0.3, -0.25) is 4.79 Å². The van der Waals surface area contributed by atoms with Crippen molar-refractivity contribution >= 4 is 11.8 Å². The van der Waals surface area contributed by atoms with Gasteiger partial charge in [0, 0.05) is 6.42 Å². The highest BCUT2D eigenvalue weighted by Crippen LogP contribution is 2.13. The number of Topliss-reactive ketones (excluding diaryl/α,β-unsaturated/α-hetero) is 1. The third kappa shape index (κ3) is 17.4. The van der Waals surface area contributed by atoms with Crippen LogP contribution in [0.25, 0.3) is 0 Å². The third-order valence-electron chi connectivity index (χ3n) is 4.67. The number of carboxylic acids is 1. The second kappa shape index (κ2) is 18.3. The van der Waals surface area contributed by atoms with E-state index < -0.39 is 23.8 Å². The van der Waals surface area contributed by atoms with Gasteiger partial charge in [0.2, 0.25) is 0 Å². The Morgan fingerprint density at radius 1 is 0.812 bits per heavy atom. The normalized spacial score (nSPS) is 15.0. The van der Waals surface area contributed by atoms with Crippen molar-refractivity contribution in [1.29, 1.82) is 0 Å². The van der Waals surface area contributed by atoms with Crippen LogP contribution in [0.1, 0.15) is 58.3 Å². The Morgan fingerprint density at radius 2 is 1.25 bits per heavy atom. The molecule has 0 bridgehead atoms. The lowest BCUT2D eigenvalue weighted by Gasteiger charge is -2.30. The number of quaternary nitrogens is 1. The Labute approximate surface area is 195 Å². The van der Waals surface area contributed by atoms with Crippen molar-refractivity contribution in [3.63, 3.8) is 0 Å². The van der Waals surface area contributed by atoms with E-state index >= 15 is 0 Å². The van der Waals surface area contributed by atoms with Crippen LogP contribution >= 0.6 is 0 Å². The van der Waals surface area contributed by atoms with Gasteiger partial charge in [-0.1, -0.05) is 67.7 Å². The van der Waals surface area contributed by atoms with Crippen LogP contribution in [-0.2, 0) is 9.59 Å². The maximum Gasteiger partial charge on any atom is 0.144 e. The van der Waals surface area contributed by atoms with Crippen LogP contribution in [0.2, 0.25) is 0 Å². The van der Waals surface area contributed by atoms with Gasteiger partial charge in [-0.2, -0.15) is 0 Å². The first-order valence-electron chi connectivity index (χ1n) is 11.7. The molecule has 5 nitrogen and oxygen atoms in total. The lowest BCUT2D eigenvalue weighted by molar-refractivity contribution is -0.873. The van der Waals surface area contributed by atoms with E-state index in [2.05, 4.69) is 55.5 Å². The zero-order valence-corrected chi connectivity index (χ0v) is 20.4. The summed E-state index contributed by atoms with van der Waals surface area (Å²) < 4.78 is 0.373. The van der Waals surface area contributed by atoms with Crippen LogP contribution in [0.15, 0.2) is 60.8 Å². The number of ketones is 1. The van der Waals surface area contributed by atoms with Gasteiger partial charge in [-0.15, -0.1) is 0 Å². The summed E-state index contributed by atoms with van der Waals surface area (Å²) in [6, 6.07) is 0. The van der Waals surface area contributed by atoms with E-state index in [4.69, 9.17) is 0 Å². The molecule has 0 saturated carbocycles. The SMILES string of the molecule is CC/C=C\C/C=C\C/C=C\C/C=C\C/C=C\CCCC(=O)C(C(=O)[O-])C(O)C[N+](C)(C)C. The molecule has 0 aromatic carbocycles. The predicted molar refractivity (Wildman–Crippen MR) is 131 cm³/mol. The topological polar surface area (TPSA) is 77.4 Å². The number of rotatable bonds is 18. The molecule has 0 rings (SSSR count). The molecule has 2 atom stereocenters. The highest BCUT2D eigenvalue weighted by Gasteiger charge is 2.31. The van der Waals surface area contributed by atoms with Crippen molar-refractivity contribution in [2.45, 2.75) is 64.4 Å². The average Bonchev–Trinajstić information content (AvgIpc) is 2.68. The fourth-order valence-corrected chi connectivity index (χ4v) is 3.09. The van der Waals surface area contributed by atoms with E-state index in [9.17, 15) is 19.8 Å². The van der Waals surface area contributed by atoms with Crippen LogP contribution in [-0.4, -0.2) is 55.1 Å². The fourth-order valence-electron chi connectivity index (χ4n) is 3.09. The van der Waals surface area contributed by atoms with Crippen LogP contribution in [0, 0.1) is 5.92 Å². The maximum atomic E-state index is 12.2. The molecule has 0 aliphatic carbocycles. The highest BCUT2D eigenvalue weighted by molar-refractivity contribution is 5.98. The zero-order chi connectivity index (χ0) is 24.2. The molecule has 0 aromatic heterocycles. The van der Waals surface area contributed by atoms with Crippen LogP contribution in [0.4, 0.5) is 0 Å². The molecule has 180 valence electrons. The number of hydrogen-bond acceptors (Lipinski definition) is 4. The van der Waals surface area contributed by atoms with E-state index in [1.54, 1.807) is 0 Å². The number of carboxylic acid groups (broad SMARTS) is 1. The minimum atomic E-state index is -1.49. The monoisotopic (exact) mass is 445 g/mol. The van der Waals surface area contributed by atoms with Crippen LogP contribution in [0.5, 0.6) is 0 Å². The summed E-state index contributed by atoms with van der Waals surface area (Å²) in [5.41, 5.74) is 0. The Balaban J connectivity index is 4.02. The summed E-state index contributed by atoms with van der Waals surface area (Å²) in [6.07, 6.45) is 26.2. The molecule has 0 aromatic rings. The molecule has 0 spiro atoms. The quantitative estimate of drug-likeness (QED) is 0.150. The lowest BCUT2D eigenvalue weighted by Crippen LogP contribution is -2.51. The fraction of sp³-hybridized carbons (Fsp3) is 0.556. The van der Waals surface area contributed by atoms with Crippen LogP contribution in [0.3, 0.4) is 0 Å². The van der Waals surface area contributed by atoms with E-state index in [0.717, 1.165) is 32.1 Å². The number of likely N-dealkylation sites (N-methyl/N-ethyl adjacent to an activating group) is 1. The molecular weight excluding hydrogens is 402 g/mol. The van der Waals surface area contributed by atoms with Crippen molar-refractivity contribution in [2.24, 2.45) is 5.92 Å². The summed E-state index contributed by atoms with van der Waals surface area (Å²) in [5.74, 6) is -3.41. The summed E-state index contributed by atoms with van der Waals surface area (Å²) in [5, 5.41) is 21.5. The standard InChI is InChI=1S/C27H43NO4/c1-5-6-7-8-9-10-11-12-13-14-15-16-17-18-19-20-21-22-24(29)26(27(31)32)25(30)23-28(2,3)4/h6-7,9-10,12-13,15-16,18-19,25-26,30H,5,8,11,14,17,20-23H2,1-4H3/b7-6-,10-9-,13-12-,16-15-,19-18-. The molecule has 0 heterocycles. The largest absolute Gasteiger partial charge is 0.549 e. The maximum absolute atomic E-state index is 12.2. The van der Waals surface area contributed by atoms with Crippen molar-refractivity contribution < 1.29 is 24.3 Å². The van der Waals surface area contributed by atoms with Gasteiger partial charge in [0.1, 0.15) is 18.4 Å². The number of allylic oxidation sites excluding steroid dienone is 10. The van der Waals surface area contributed by atoms with E-state index in [1.807, 2.05) is 33.3 Å². The number of carbonyl (C=O) groups excluding carboxylic acids is 2. The summed E-state index contributed by atoms with van der Waals surface area (Å²) in [4.78, 5) is 23.6. The van der Waals surface area contributed by atoms with E-state index in [0.29, 0.717) is 17.3 Å². The molecule has 0 radical (unpaired) electrons. The first-order chi connectivity index (χ1) is 15.2. The highest BCUT2D eigenvalue weighted by atomic mass is 16.4. The summed E-state index contributed by atoms with van der Waals surface area (Å²) >= 11 is 0. The van der Waals surface area contributed by atoms with E-state index in [-0.39, 0.29) is 13.0 Å². The molecule has 0 aliphatic rings. The molecule has 2 unspecified atom stereocenters. The number of aliphatic carboxylic acids is 1. The van der Waals surface area contributed by atoms with Gasteiger partial charge >= 0.3 is 0 Å². The summed E-state index contributed by atoms with van der Waals surface area (Å²) in [7, 11) is 5.50. The molecule has 0 saturated heterocycles. The van der Waals surface area contributed by atoms with Gasteiger partial charge in [-0.05, 0) is 44.9 Å². The Morgan fingerprint density at radius 3 is 1.66 bits per heavy atom. The molecular formula is C27H43NO4. The third-order valence-corrected chi connectivity index (χ3v) is 4.67. The molecule has 0 fully saturated rings. The molecule has 32 heavy (non-hydrogen) atoms. The predicted octanol–water partition coefficient (Wildman–Crippen LogP) is 3.91. The van der Waals surface area contributed by atoms with Crippen molar-refractivity contribution in [2.75, 3.05) is 27.7 Å². The first kappa shape index (κ1) is 29.8. The Hall–Kier alpha value is -2.24. The minimum Gasteiger partial charge on any atom is -0.549 e. The van der Waals surface area contributed by atoms with Gasteiger partial charge in [0.15, 0.2) is 0 Å². The second-order valence-electron chi connectivity index (χ2n) is 8.90. The van der Waals surface area contributed by atoms with Crippen molar-refractivity contribution in [1.82, 2.24) is 0 Å². The Bertz CT molecular complexity index is 666. The number of aliphatic hydroxyl groups excluding tert-OH is 1. The molecule has 1 N–H and O–H groups in total. The van der Waals surface area contributed by atoms with Gasteiger partial charge < -0.3 is 19.5 Å². The summed E-state index contributed by atoms with van der Waals surface area (Å²) in [6.45, 7) is 2.31. The number of nitrogens with zero attached hydrogens (tertiary/aromatic N) is 1. The number of hydrogen-bond donors (Lipinski definition) is 1. The van der Waals surface area contributed by atoms with Gasteiger partial charge in [-0.25, -0.2) is 0 Å². The lowest BCUT2D eigenvalue weighted by atomic mass is 9.93. The number of unbranched alkanes of at least 4 members (excludes halogenated alkanes) is 1. The molecule has 0 aliphatic heterocycles. The zero-order valence-electron chi connectivity index (χ0n) is 20.4. The molecule has 5 heteroatoms. The second-order valence-corrected chi connectivity index (χ2v) is 8.90. The smallest absolute Gasteiger partial charge is 0.144 e. The number of aliphatic hydroxyl groups is 1.